The van der Waals surface area contributed by atoms with E-state index in [0.29, 0.717) is 58.8 Å². The first-order valence-corrected chi connectivity index (χ1v) is 21.6. The molecule has 3 spiro atoms. The smallest absolute Gasteiger partial charge is 0.332 e. The molecular formula is C45H64O9. The zero-order valence-corrected chi connectivity index (χ0v) is 32.9. The maximum Gasteiger partial charge on any atom is 0.332 e. The van der Waals surface area contributed by atoms with Gasteiger partial charge in [0.15, 0.2) is 0 Å². The SMILES string of the molecule is C=C(C)C(=O)OC.CO.O=C1OC2(CCCC2)C2C3C=CC(C3)C12.O=C1OC2(CCCC2)C2C3CCC(C3)C12.O=C1OC2(CCCC2)C2C3CCC(C3)C12. The van der Waals surface area contributed by atoms with Gasteiger partial charge >= 0.3 is 23.9 Å². The van der Waals surface area contributed by atoms with Crippen molar-refractivity contribution in [3.8, 4) is 0 Å². The summed E-state index contributed by atoms with van der Waals surface area (Å²) in [5.41, 5.74) is 0.428. The van der Waals surface area contributed by atoms with E-state index in [9.17, 15) is 19.2 Å². The van der Waals surface area contributed by atoms with E-state index in [4.69, 9.17) is 19.3 Å². The summed E-state index contributed by atoms with van der Waals surface area (Å²) in [4.78, 5) is 46.1. The molecule has 8 saturated carbocycles. The molecule has 0 aromatic rings. The Balaban J connectivity index is 0.000000104. The minimum atomic E-state index is -0.347. The van der Waals surface area contributed by atoms with Gasteiger partial charge in [-0.25, -0.2) is 4.79 Å². The molecule has 0 amide bonds. The summed E-state index contributed by atoms with van der Waals surface area (Å²) in [6, 6.07) is 0. The highest BCUT2D eigenvalue weighted by molar-refractivity contribution is 5.86. The Hall–Kier alpha value is -2.68. The van der Waals surface area contributed by atoms with Gasteiger partial charge in [-0.15, -0.1) is 0 Å². The minimum absolute atomic E-state index is 0.0155. The first-order chi connectivity index (χ1) is 26.1. The normalized spacial score (nSPS) is 42.5. The van der Waals surface area contributed by atoms with Crippen LogP contribution in [-0.2, 0) is 38.1 Å². The molecule has 3 saturated heterocycles. The summed E-state index contributed by atoms with van der Waals surface area (Å²) < 4.78 is 21.7. The molecule has 12 atom stereocenters. The van der Waals surface area contributed by atoms with Crippen LogP contribution in [-0.4, -0.2) is 60.0 Å². The van der Waals surface area contributed by atoms with Gasteiger partial charge in [-0.3, -0.25) is 14.4 Å². The van der Waals surface area contributed by atoms with Gasteiger partial charge in [0, 0.05) is 30.4 Å². The van der Waals surface area contributed by atoms with Crippen molar-refractivity contribution in [2.24, 2.45) is 71.0 Å². The molecule has 0 radical (unpaired) electrons. The second-order valence-electron chi connectivity index (χ2n) is 19.1. The zero-order valence-electron chi connectivity index (χ0n) is 32.9. The van der Waals surface area contributed by atoms with Crippen LogP contribution in [0.2, 0.25) is 0 Å². The molecular weight excluding hydrogens is 684 g/mol. The van der Waals surface area contributed by atoms with Crippen LogP contribution in [0.25, 0.3) is 0 Å². The predicted octanol–water partition coefficient (Wildman–Crippen LogP) is 7.67. The zero-order chi connectivity index (χ0) is 38.0. The van der Waals surface area contributed by atoms with Gasteiger partial charge in [-0.1, -0.05) is 18.7 Å². The summed E-state index contributed by atoms with van der Waals surface area (Å²) in [7, 11) is 2.33. The van der Waals surface area contributed by atoms with Crippen LogP contribution in [0.1, 0.15) is 129 Å². The quantitative estimate of drug-likeness (QED) is 0.124. The molecule has 11 fully saturated rings. The van der Waals surface area contributed by atoms with Crippen LogP contribution in [0, 0.1) is 71.0 Å². The van der Waals surface area contributed by atoms with Crippen LogP contribution >= 0.6 is 0 Å². The second kappa shape index (κ2) is 14.7. The molecule has 12 aliphatic rings. The van der Waals surface area contributed by atoms with Crippen molar-refractivity contribution in [1.82, 2.24) is 0 Å². The third kappa shape index (κ3) is 6.02. The monoisotopic (exact) mass is 748 g/mol. The fourth-order valence-electron chi connectivity index (χ4n) is 15.0. The summed E-state index contributed by atoms with van der Waals surface area (Å²) in [6.45, 7) is 4.95. The number of allylic oxidation sites excluding steroid dienone is 2. The molecule has 9 heteroatoms. The fourth-order valence-corrected chi connectivity index (χ4v) is 15.0. The summed E-state index contributed by atoms with van der Waals surface area (Å²) in [5, 5.41) is 7.00. The van der Waals surface area contributed by atoms with Crippen LogP contribution in [0.5, 0.6) is 0 Å². The Morgan fingerprint density at radius 3 is 1.37 bits per heavy atom. The standard InChI is InChI=1S/2C13H18O2.C13H16O2.C5H8O2.CH4O/c3*14-12-10-8-3-4-9(7-8)11(10)13(15-12)5-1-2-6-13;1-4(2)5(6)7-3;1-2/h2*8-11H,1-7H2;3-4,8-11H,1-2,5-7H2;1H2,2-3H3;2H,1H3. The number of hydrogen-bond donors (Lipinski definition) is 1. The van der Waals surface area contributed by atoms with Crippen molar-refractivity contribution in [2.75, 3.05) is 14.2 Å². The first kappa shape index (κ1) is 38.2. The molecule has 6 bridgehead atoms. The number of aliphatic hydroxyl groups excluding tert-OH is 1. The fraction of sp³-hybridized carbons (Fsp3) is 0.822. The average molecular weight is 749 g/mol. The number of rotatable bonds is 1. The van der Waals surface area contributed by atoms with E-state index in [0.717, 1.165) is 57.5 Å². The summed E-state index contributed by atoms with van der Waals surface area (Å²) >= 11 is 0. The molecule has 298 valence electrons. The van der Waals surface area contributed by atoms with Gasteiger partial charge in [0.1, 0.15) is 16.8 Å². The maximum absolute atomic E-state index is 12.0. The van der Waals surface area contributed by atoms with E-state index in [1.165, 1.54) is 90.6 Å². The number of methoxy groups -OCH3 is 1. The molecule has 0 aromatic heterocycles. The van der Waals surface area contributed by atoms with Gasteiger partial charge in [0.25, 0.3) is 0 Å². The van der Waals surface area contributed by atoms with Crippen molar-refractivity contribution in [2.45, 2.75) is 146 Å². The Labute approximate surface area is 321 Å². The largest absolute Gasteiger partial charge is 0.466 e. The lowest BCUT2D eigenvalue weighted by molar-refractivity contribution is -0.153. The molecule has 1 N–H and O–H groups in total. The number of ether oxygens (including phenoxy) is 4. The highest BCUT2D eigenvalue weighted by Crippen LogP contribution is 2.65. The Morgan fingerprint density at radius 1 is 0.611 bits per heavy atom. The Bertz CT molecular complexity index is 1450. The lowest BCUT2D eigenvalue weighted by Gasteiger charge is -2.33. The van der Waals surface area contributed by atoms with Crippen LogP contribution in [0.15, 0.2) is 24.3 Å². The van der Waals surface area contributed by atoms with Crippen molar-refractivity contribution in [1.29, 1.82) is 0 Å². The molecule has 9 aliphatic carbocycles. The third-order valence-corrected chi connectivity index (χ3v) is 16.7. The van der Waals surface area contributed by atoms with E-state index < -0.39 is 0 Å². The van der Waals surface area contributed by atoms with Crippen molar-refractivity contribution in [3.05, 3.63) is 24.3 Å². The topological polar surface area (TPSA) is 125 Å². The molecule has 12 unspecified atom stereocenters. The Kier molecular flexibility index (Phi) is 10.4. The van der Waals surface area contributed by atoms with Gasteiger partial charge < -0.3 is 24.1 Å². The first-order valence-electron chi connectivity index (χ1n) is 21.6. The lowest BCUT2D eigenvalue weighted by atomic mass is 9.71. The highest BCUT2D eigenvalue weighted by atomic mass is 16.6. The number of carbonyl (C=O) groups is 4. The Morgan fingerprint density at radius 2 is 0.981 bits per heavy atom. The number of aliphatic hydroxyl groups is 1. The maximum atomic E-state index is 12.0. The van der Waals surface area contributed by atoms with Gasteiger partial charge in [0.05, 0.1) is 24.9 Å². The van der Waals surface area contributed by atoms with Crippen LogP contribution < -0.4 is 0 Å². The summed E-state index contributed by atoms with van der Waals surface area (Å²) in [5.74, 6) is 6.86. The molecule has 3 aliphatic heterocycles. The van der Waals surface area contributed by atoms with Crippen molar-refractivity contribution >= 4 is 23.9 Å². The average Bonchev–Trinajstić information content (AvgIpc) is 4.01. The van der Waals surface area contributed by atoms with E-state index in [2.05, 4.69) is 23.5 Å². The van der Waals surface area contributed by atoms with E-state index in [-0.39, 0.29) is 46.6 Å². The second-order valence-corrected chi connectivity index (χ2v) is 19.1. The van der Waals surface area contributed by atoms with Gasteiger partial charge in [0.2, 0.25) is 0 Å². The van der Waals surface area contributed by atoms with Crippen LogP contribution in [0.4, 0.5) is 0 Å². The van der Waals surface area contributed by atoms with E-state index in [1.54, 1.807) is 6.92 Å². The molecule has 3 heterocycles. The number of hydrogen-bond acceptors (Lipinski definition) is 9. The third-order valence-electron chi connectivity index (χ3n) is 16.7. The molecule has 0 aromatic carbocycles. The lowest BCUT2D eigenvalue weighted by Crippen LogP contribution is -2.37. The molecule has 9 nitrogen and oxygen atoms in total. The van der Waals surface area contributed by atoms with Gasteiger partial charge in [-0.2, -0.15) is 0 Å². The van der Waals surface area contributed by atoms with E-state index >= 15 is 0 Å². The van der Waals surface area contributed by atoms with Crippen molar-refractivity contribution in [3.63, 3.8) is 0 Å². The molecule has 12 rings (SSSR count). The predicted molar refractivity (Wildman–Crippen MR) is 200 cm³/mol. The van der Waals surface area contributed by atoms with Gasteiger partial charge in [-0.05, 0) is 164 Å². The number of esters is 4. The number of carbonyl (C=O) groups excluding carboxylic acids is 4. The number of fused-ring (bicyclic) bond motifs is 18. The highest BCUT2D eigenvalue weighted by Gasteiger charge is 2.68. The summed E-state index contributed by atoms with van der Waals surface area (Å²) in [6.07, 6.45) is 28.2. The van der Waals surface area contributed by atoms with E-state index in [1.807, 2.05) is 0 Å². The minimum Gasteiger partial charge on any atom is -0.466 e. The van der Waals surface area contributed by atoms with Crippen molar-refractivity contribution < 1.29 is 43.2 Å². The molecule has 54 heavy (non-hydrogen) atoms. The van der Waals surface area contributed by atoms with Crippen LogP contribution in [0.3, 0.4) is 0 Å².